The van der Waals surface area contributed by atoms with Crippen LogP contribution in [0, 0.1) is 0 Å². The highest BCUT2D eigenvalue weighted by Gasteiger charge is 2.27. The second-order valence-electron chi connectivity index (χ2n) is 6.89. The lowest BCUT2D eigenvalue weighted by atomic mass is 9.96. The Kier molecular flexibility index (Phi) is 3.59. The SMILES string of the molecule is Clc1cnccc1N1CCC(c2nnc3cc4c(nn23)CCC4)CC1. The standard InChI is InChI=1S/C18H19ClN6/c19-14-11-20-7-4-16(14)24-8-5-12(6-9-24)18-22-21-17-10-13-2-1-3-15(13)23-25(17)18/h4,7,10-12H,1-3,5-6,8-9H2. The van der Waals surface area contributed by atoms with Crippen LogP contribution in [-0.2, 0) is 12.8 Å². The first-order valence-electron chi connectivity index (χ1n) is 8.88. The van der Waals surface area contributed by atoms with Gasteiger partial charge in [-0.25, -0.2) is 0 Å². The minimum absolute atomic E-state index is 0.388. The van der Waals surface area contributed by atoms with E-state index in [-0.39, 0.29) is 0 Å². The first-order valence-corrected chi connectivity index (χ1v) is 9.26. The van der Waals surface area contributed by atoms with Crippen molar-refractivity contribution in [3.8, 4) is 0 Å². The molecule has 2 aliphatic rings. The molecule has 3 aromatic heterocycles. The van der Waals surface area contributed by atoms with Crippen molar-refractivity contribution in [2.24, 2.45) is 0 Å². The summed E-state index contributed by atoms with van der Waals surface area (Å²) in [5, 5.41) is 14.4. The van der Waals surface area contributed by atoms with Crippen LogP contribution in [0.3, 0.4) is 0 Å². The molecule has 3 aromatic rings. The number of halogens is 1. The predicted octanol–water partition coefficient (Wildman–Crippen LogP) is 3.05. The summed E-state index contributed by atoms with van der Waals surface area (Å²) in [4.78, 5) is 6.40. The molecule has 5 rings (SSSR count). The zero-order chi connectivity index (χ0) is 16.8. The van der Waals surface area contributed by atoms with Crippen molar-refractivity contribution >= 4 is 22.9 Å². The van der Waals surface area contributed by atoms with Gasteiger partial charge < -0.3 is 4.90 Å². The van der Waals surface area contributed by atoms with Crippen molar-refractivity contribution in [2.45, 2.75) is 38.0 Å². The van der Waals surface area contributed by atoms with Gasteiger partial charge in [-0.2, -0.15) is 9.61 Å². The summed E-state index contributed by atoms with van der Waals surface area (Å²) in [6.07, 6.45) is 8.94. The van der Waals surface area contributed by atoms with Crippen LogP contribution in [-0.4, -0.2) is 37.9 Å². The van der Waals surface area contributed by atoms with E-state index in [4.69, 9.17) is 16.7 Å². The van der Waals surface area contributed by atoms with E-state index in [1.54, 1.807) is 12.4 Å². The summed E-state index contributed by atoms with van der Waals surface area (Å²) in [5.74, 6) is 1.39. The Morgan fingerprint density at radius 3 is 2.84 bits per heavy atom. The Labute approximate surface area is 150 Å². The van der Waals surface area contributed by atoms with Crippen LogP contribution in [0.25, 0.3) is 5.65 Å². The largest absolute Gasteiger partial charge is 0.370 e. The molecular formula is C18H19ClN6. The predicted molar refractivity (Wildman–Crippen MR) is 96.2 cm³/mol. The molecule has 1 saturated heterocycles. The zero-order valence-corrected chi connectivity index (χ0v) is 14.7. The lowest BCUT2D eigenvalue weighted by molar-refractivity contribution is 0.476. The summed E-state index contributed by atoms with van der Waals surface area (Å²) in [7, 11) is 0. The molecule has 0 N–H and O–H groups in total. The third-order valence-electron chi connectivity index (χ3n) is 5.40. The molecule has 7 heteroatoms. The Hall–Kier alpha value is -2.21. The number of aromatic nitrogens is 5. The van der Waals surface area contributed by atoms with Gasteiger partial charge in [-0.3, -0.25) is 4.98 Å². The smallest absolute Gasteiger partial charge is 0.178 e. The van der Waals surface area contributed by atoms with Crippen molar-refractivity contribution in [1.82, 2.24) is 24.8 Å². The minimum atomic E-state index is 0.388. The number of anilines is 1. The molecule has 0 amide bonds. The van der Waals surface area contributed by atoms with E-state index < -0.39 is 0 Å². The van der Waals surface area contributed by atoms with Gasteiger partial charge in [0.2, 0.25) is 0 Å². The maximum Gasteiger partial charge on any atom is 0.178 e. The molecule has 0 unspecified atom stereocenters. The minimum Gasteiger partial charge on any atom is -0.370 e. The summed E-state index contributed by atoms with van der Waals surface area (Å²) in [6.45, 7) is 1.91. The van der Waals surface area contributed by atoms with Gasteiger partial charge in [0, 0.05) is 31.4 Å². The molecule has 6 nitrogen and oxygen atoms in total. The molecule has 0 aromatic carbocycles. The van der Waals surface area contributed by atoms with Crippen molar-refractivity contribution in [2.75, 3.05) is 18.0 Å². The van der Waals surface area contributed by atoms with Crippen LogP contribution in [0.4, 0.5) is 5.69 Å². The molecular weight excluding hydrogens is 336 g/mol. The molecule has 1 aliphatic heterocycles. The Morgan fingerprint density at radius 1 is 1.12 bits per heavy atom. The monoisotopic (exact) mass is 354 g/mol. The highest BCUT2D eigenvalue weighted by molar-refractivity contribution is 6.33. The number of rotatable bonds is 2. The molecule has 25 heavy (non-hydrogen) atoms. The molecule has 1 fully saturated rings. The van der Waals surface area contributed by atoms with Gasteiger partial charge in [-0.1, -0.05) is 11.6 Å². The third-order valence-corrected chi connectivity index (χ3v) is 5.69. The lowest BCUT2D eigenvalue weighted by Crippen LogP contribution is -2.33. The van der Waals surface area contributed by atoms with Gasteiger partial charge in [0.1, 0.15) is 0 Å². The highest BCUT2D eigenvalue weighted by Crippen LogP contribution is 2.32. The fourth-order valence-corrected chi connectivity index (χ4v) is 4.29. The van der Waals surface area contributed by atoms with Crippen LogP contribution in [0.5, 0.6) is 0 Å². The van der Waals surface area contributed by atoms with E-state index in [1.165, 1.54) is 17.7 Å². The lowest BCUT2D eigenvalue weighted by Gasteiger charge is -2.33. The molecule has 0 radical (unpaired) electrons. The Morgan fingerprint density at radius 2 is 2.00 bits per heavy atom. The van der Waals surface area contributed by atoms with Crippen LogP contribution in [0.2, 0.25) is 5.02 Å². The number of piperidine rings is 1. The van der Waals surface area contributed by atoms with Crippen LogP contribution in [0.15, 0.2) is 24.5 Å². The summed E-state index contributed by atoms with van der Waals surface area (Å²) >= 11 is 6.29. The maximum absolute atomic E-state index is 6.29. The van der Waals surface area contributed by atoms with Gasteiger partial charge in [0.25, 0.3) is 0 Å². The maximum atomic E-state index is 6.29. The number of nitrogens with zero attached hydrogens (tertiary/aromatic N) is 6. The molecule has 4 heterocycles. The van der Waals surface area contributed by atoms with E-state index in [9.17, 15) is 0 Å². The van der Waals surface area contributed by atoms with Crippen molar-refractivity contribution < 1.29 is 0 Å². The fourth-order valence-electron chi connectivity index (χ4n) is 4.05. The van der Waals surface area contributed by atoms with E-state index in [0.717, 1.165) is 55.9 Å². The first kappa shape index (κ1) is 15.1. The Bertz CT molecular complexity index is 928. The average Bonchev–Trinajstić information content (AvgIpc) is 3.26. The Balaban J connectivity index is 1.39. The van der Waals surface area contributed by atoms with Crippen molar-refractivity contribution in [1.29, 1.82) is 0 Å². The average molecular weight is 355 g/mol. The molecule has 1 aliphatic carbocycles. The normalized spacial score (nSPS) is 18.0. The van der Waals surface area contributed by atoms with E-state index in [0.29, 0.717) is 10.9 Å². The zero-order valence-electron chi connectivity index (χ0n) is 13.9. The van der Waals surface area contributed by atoms with Crippen LogP contribution >= 0.6 is 11.6 Å². The molecule has 0 bridgehead atoms. The highest BCUT2D eigenvalue weighted by atomic mass is 35.5. The van der Waals surface area contributed by atoms with Gasteiger partial charge in [0.05, 0.1) is 16.4 Å². The molecule has 0 spiro atoms. The van der Waals surface area contributed by atoms with Gasteiger partial charge in [-0.15, -0.1) is 10.2 Å². The molecule has 128 valence electrons. The van der Waals surface area contributed by atoms with Gasteiger partial charge in [0.15, 0.2) is 11.5 Å². The summed E-state index contributed by atoms with van der Waals surface area (Å²) in [5.41, 5.74) is 4.51. The summed E-state index contributed by atoms with van der Waals surface area (Å²) < 4.78 is 1.98. The number of hydrogen-bond donors (Lipinski definition) is 0. The number of pyridine rings is 1. The van der Waals surface area contributed by atoms with Crippen LogP contribution < -0.4 is 4.90 Å². The van der Waals surface area contributed by atoms with Crippen LogP contribution in [0.1, 0.15) is 42.3 Å². The van der Waals surface area contributed by atoms with E-state index in [2.05, 4.69) is 26.1 Å². The number of aryl methyl sites for hydroxylation is 2. The van der Waals surface area contributed by atoms with Crippen molar-refractivity contribution in [3.05, 3.63) is 46.6 Å². The number of hydrogen-bond acceptors (Lipinski definition) is 5. The molecule has 0 saturated carbocycles. The van der Waals surface area contributed by atoms with Crippen molar-refractivity contribution in [3.63, 3.8) is 0 Å². The second-order valence-corrected chi connectivity index (χ2v) is 7.29. The quantitative estimate of drug-likeness (QED) is 0.708. The summed E-state index contributed by atoms with van der Waals surface area (Å²) in [6, 6.07) is 4.15. The third kappa shape index (κ3) is 2.56. The van der Waals surface area contributed by atoms with E-state index in [1.807, 2.05) is 10.6 Å². The van der Waals surface area contributed by atoms with Gasteiger partial charge >= 0.3 is 0 Å². The van der Waals surface area contributed by atoms with E-state index >= 15 is 0 Å². The first-order chi connectivity index (χ1) is 12.3. The fraction of sp³-hybridized carbons (Fsp3) is 0.444. The topological polar surface area (TPSA) is 59.2 Å². The number of fused-ring (bicyclic) bond motifs is 2. The van der Waals surface area contributed by atoms with Gasteiger partial charge in [-0.05, 0) is 49.8 Å². The molecule has 0 atom stereocenters. The second kappa shape index (κ2) is 5.95.